The van der Waals surface area contributed by atoms with Crippen LogP contribution in [-0.2, 0) is 13.1 Å². The fourth-order valence-corrected chi connectivity index (χ4v) is 1.85. The normalized spacial score (nSPS) is 11.1. The molecule has 2 aromatic rings. The quantitative estimate of drug-likeness (QED) is 0.849. The molecule has 0 atom stereocenters. The highest BCUT2D eigenvalue weighted by molar-refractivity contribution is 5.30. The van der Waals surface area contributed by atoms with E-state index in [9.17, 15) is 0 Å². The van der Waals surface area contributed by atoms with E-state index in [1.54, 1.807) is 12.4 Å². The van der Waals surface area contributed by atoms with Crippen molar-refractivity contribution in [2.75, 3.05) is 6.54 Å². The van der Waals surface area contributed by atoms with Crippen LogP contribution in [0, 0.1) is 0 Å². The second-order valence-corrected chi connectivity index (χ2v) is 5.11. The Morgan fingerprint density at radius 1 is 1.29 bits per heavy atom. The van der Waals surface area contributed by atoms with Crippen molar-refractivity contribution < 1.29 is 4.74 Å². The molecule has 2 aromatic heterocycles. The Kier molecular flexibility index (Phi) is 5.27. The SMILES string of the molecule is CCNCc1nc(C(C)C)ncc1Oc1cnn(CC)c1. The highest BCUT2D eigenvalue weighted by Crippen LogP contribution is 2.24. The van der Waals surface area contributed by atoms with E-state index >= 15 is 0 Å². The Hall–Kier alpha value is -1.95. The molecule has 114 valence electrons. The molecule has 0 spiro atoms. The van der Waals surface area contributed by atoms with Gasteiger partial charge >= 0.3 is 0 Å². The number of hydrogen-bond donors (Lipinski definition) is 1. The first kappa shape index (κ1) is 15.4. The third-order valence-corrected chi connectivity index (χ3v) is 3.07. The van der Waals surface area contributed by atoms with Crippen molar-refractivity contribution in [1.29, 1.82) is 0 Å². The molecule has 0 fully saturated rings. The lowest BCUT2D eigenvalue weighted by atomic mass is 10.2. The van der Waals surface area contributed by atoms with Crippen molar-refractivity contribution in [3.63, 3.8) is 0 Å². The minimum atomic E-state index is 0.294. The molecule has 0 bridgehead atoms. The lowest BCUT2D eigenvalue weighted by Crippen LogP contribution is -2.15. The number of aromatic nitrogens is 4. The van der Waals surface area contributed by atoms with Crippen molar-refractivity contribution >= 4 is 0 Å². The van der Waals surface area contributed by atoms with E-state index in [1.807, 2.05) is 17.8 Å². The molecule has 0 unspecified atom stereocenters. The maximum Gasteiger partial charge on any atom is 0.168 e. The van der Waals surface area contributed by atoms with Crippen LogP contribution in [0.5, 0.6) is 11.5 Å². The van der Waals surface area contributed by atoms with Gasteiger partial charge in [-0.25, -0.2) is 9.97 Å². The average molecular weight is 289 g/mol. The van der Waals surface area contributed by atoms with Gasteiger partial charge in [0.15, 0.2) is 11.5 Å². The minimum Gasteiger partial charge on any atom is -0.450 e. The maximum atomic E-state index is 5.88. The van der Waals surface area contributed by atoms with Crippen LogP contribution in [0.3, 0.4) is 0 Å². The molecule has 0 amide bonds. The predicted molar refractivity (Wildman–Crippen MR) is 81.5 cm³/mol. The zero-order chi connectivity index (χ0) is 15.2. The number of nitrogens with zero attached hydrogens (tertiary/aromatic N) is 4. The molecule has 0 aliphatic rings. The van der Waals surface area contributed by atoms with Gasteiger partial charge in [-0.2, -0.15) is 5.10 Å². The summed E-state index contributed by atoms with van der Waals surface area (Å²) in [4.78, 5) is 8.99. The number of rotatable bonds is 7. The van der Waals surface area contributed by atoms with Gasteiger partial charge in [-0.3, -0.25) is 4.68 Å². The van der Waals surface area contributed by atoms with Crippen molar-refractivity contribution in [1.82, 2.24) is 25.1 Å². The molecule has 0 saturated carbocycles. The van der Waals surface area contributed by atoms with Crippen molar-refractivity contribution in [2.24, 2.45) is 0 Å². The van der Waals surface area contributed by atoms with Crippen LogP contribution in [0.15, 0.2) is 18.6 Å². The third kappa shape index (κ3) is 4.01. The summed E-state index contributed by atoms with van der Waals surface area (Å²) >= 11 is 0. The van der Waals surface area contributed by atoms with Gasteiger partial charge in [0.05, 0.1) is 18.6 Å². The highest BCUT2D eigenvalue weighted by atomic mass is 16.5. The van der Waals surface area contributed by atoms with E-state index in [0.717, 1.165) is 24.6 Å². The van der Waals surface area contributed by atoms with Gasteiger partial charge in [-0.15, -0.1) is 0 Å². The van der Waals surface area contributed by atoms with E-state index < -0.39 is 0 Å². The zero-order valence-corrected chi connectivity index (χ0v) is 13.1. The van der Waals surface area contributed by atoms with Gasteiger partial charge in [0, 0.05) is 19.0 Å². The zero-order valence-electron chi connectivity index (χ0n) is 13.1. The Morgan fingerprint density at radius 3 is 2.71 bits per heavy atom. The topological polar surface area (TPSA) is 64.9 Å². The minimum absolute atomic E-state index is 0.294. The van der Waals surface area contributed by atoms with Gasteiger partial charge < -0.3 is 10.1 Å². The molecule has 6 heteroatoms. The standard InChI is InChI=1S/C15H23N5O/c1-5-16-8-13-14(9-17-15(19-13)11(3)4)21-12-7-18-20(6-2)10-12/h7,9-11,16H,5-6,8H2,1-4H3. The Morgan fingerprint density at radius 2 is 2.10 bits per heavy atom. The molecule has 0 radical (unpaired) electrons. The van der Waals surface area contributed by atoms with Crippen LogP contribution >= 0.6 is 0 Å². The Labute approximate surface area is 125 Å². The van der Waals surface area contributed by atoms with Crippen LogP contribution in [0.1, 0.15) is 45.1 Å². The summed E-state index contributed by atoms with van der Waals surface area (Å²) in [6, 6.07) is 0. The van der Waals surface area contributed by atoms with Crippen molar-refractivity contribution in [2.45, 2.75) is 46.7 Å². The summed E-state index contributed by atoms with van der Waals surface area (Å²) < 4.78 is 7.70. The molecule has 1 N–H and O–H groups in total. The summed E-state index contributed by atoms with van der Waals surface area (Å²) in [7, 11) is 0. The first-order chi connectivity index (χ1) is 10.1. The van der Waals surface area contributed by atoms with E-state index in [0.29, 0.717) is 24.0 Å². The van der Waals surface area contributed by atoms with E-state index in [4.69, 9.17) is 4.74 Å². The van der Waals surface area contributed by atoms with Crippen LogP contribution in [-0.4, -0.2) is 26.3 Å². The summed E-state index contributed by atoms with van der Waals surface area (Å²) in [6.07, 6.45) is 5.32. The average Bonchev–Trinajstić information content (AvgIpc) is 2.93. The molecular formula is C15H23N5O. The fraction of sp³-hybridized carbons (Fsp3) is 0.533. The van der Waals surface area contributed by atoms with Crippen LogP contribution in [0.25, 0.3) is 0 Å². The molecule has 0 saturated heterocycles. The van der Waals surface area contributed by atoms with Gasteiger partial charge in [-0.05, 0) is 13.5 Å². The van der Waals surface area contributed by atoms with Gasteiger partial charge in [-0.1, -0.05) is 20.8 Å². The first-order valence-corrected chi connectivity index (χ1v) is 7.40. The summed E-state index contributed by atoms with van der Waals surface area (Å²) in [5.41, 5.74) is 0.875. The second-order valence-electron chi connectivity index (χ2n) is 5.11. The first-order valence-electron chi connectivity index (χ1n) is 7.40. The molecule has 2 rings (SSSR count). The largest absolute Gasteiger partial charge is 0.450 e. The van der Waals surface area contributed by atoms with Crippen molar-refractivity contribution in [3.05, 3.63) is 30.1 Å². The van der Waals surface area contributed by atoms with Crippen LogP contribution in [0.4, 0.5) is 0 Å². The molecule has 0 aliphatic heterocycles. The maximum absolute atomic E-state index is 5.88. The number of nitrogens with one attached hydrogen (secondary N) is 1. The van der Waals surface area contributed by atoms with Gasteiger partial charge in [0.2, 0.25) is 0 Å². The number of aryl methyl sites for hydroxylation is 1. The molecule has 2 heterocycles. The number of hydrogen-bond acceptors (Lipinski definition) is 5. The monoisotopic (exact) mass is 289 g/mol. The molecule has 0 aromatic carbocycles. The second kappa shape index (κ2) is 7.17. The highest BCUT2D eigenvalue weighted by Gasteiger charge is 2.12. The van der Waals surface area contributed by atoms with E-state index in [2.05, 4.69) is 41.2 Å². The Balaban J connectivity index is 2.23. The van der Waals surface area contributed by atoms with Crippen LogP contribution < -0.4 is 10.1 Å². The molecule has 21 heavy (non-hydrogen) atoms. The lowest BCUT2D eigenvalue weighted by Gasteiger charge is -2.12. The molecular weight excluding hydrogens is 266 g/mol. The fourth-order valence-electron chi connectivity index (χ4n) is 1.85. The van der Waals surface area contributed by atoms with Crippen LogP contribution in [0.2, 0.25) is 0 Å². The van der Waals surface area contributed by atoms with Gasteiger partial charge in [0.1, 0.15) is 11.5 Å². The van der Waals surface area contributed by atoms with E-state index in [-0.39, 0.29) is 0 Å². The molecule has 0 aliphatic carbocycles. The summed E-state index contributed by atoms with van der Waals surface area (Å²) in [5.74, 6) is 2.51. The number of ether oxygens (including phenoxy) is 1. The smallest absolute Gasteiger partial charge is 0.168 e. The third-order valence-electron chi connectivity index (χ3n) is 3.07. The lowest BCUT2D eigenvalue weighted by molar-refractivity contribution is 0.462. The van der Waals surface area contributed by atoms with Crippen molar-refractivity contribution in [3.8, 4) is 11.5 Å². The predicted octanol–water partition coefficient (Wildman–Crippen LogP) is 2.72. The summed E-state index contributed by atoms with van der Waals surface area (Å²) in [6.45, 7) is 10.6. The molecule has 6 nitrogen and oxygen atoms in total. The van der Waals surface area contributed by atoms with Gasteiger partial charge in [0.25, 0.3) is 0 Å². The van der Waals surface area contributed by atoms with E-state index in [1.165, 1.54) is 0 Å². The Bertz CT molecular complexity index is 579. The summed E-state index contributed by atoms with van der Waals surface area (Å²) in [5, 5.41) is 7.49.